The molecule has 1 fully saturated rings. The number of hydrogen-bond acceptors (Lipinski definition) is 6. The van der Waals surface area contributed by atoms with Crippen LogP contribution in [0, 0.1) is 11.3 Å². The highest BCUT2D eigenvalue weighted by Crippen LogP contribution is 2.53. The van der Waals surface area contributed by atoms with Crippen LogP contribution in [-0.2, 0) is 18.4 Å². The number of rotatable bonds is 4. The molecule has 7 heteroatoms. The van der Waals surface area contributed by atoms with Crippen molar-refractivity contribution in [2.45, 2.75) is 42.9 Å². The van der Waals surface area contributed by atoms with Crippen molar-refractivity contribution in [3.05, 3.63) is 65.4 Å². The highest BCUT2D eigenvalue weighted by molar-refractivity contribution is 8.00. The predicted molar refractivity (Wildman–Crippen MR) is 116 cm³/mol. The first-order valence-corrected chi connectivity index (χ1v) is 11.2. The Hall–Kier alpha value is -2.69. The predicted octanol–water partition coefficient (Wildman–Crippen LogP) is 3.33. The maximum Gasteiger partial charge on any atom is 0.143 e. The molecular weight excluding hydrogens is 394 g/mol. The van der Waals surface area contributed by atoms with Crippen molar-refractivity contribution in [1.82, 2.24) is 19.7 Å². The van der Waals surface area contributed by atoms with Crippen molar-refractivity contribution < 1.29 is 5.11 Å². The van der Waals surface area contributed by atoms with Crippen LogP contribution in [0.4, 0.5) is 0 Å². The lowest BCUT2D eigenvalue weighted by atomic mass is 9.93. The highest BCUT2D eigenvalue weighted by atomic mass is 32.2. The van der Waals surface area contributed by atoms with E-state index in [1.165, 1.54) is 5.56 Å². The molecule has 152 valence electrons. The Balaban J connectivity index is 1.45. The van der Waals surface area contributed by atoms with Crippen molar-refractivity contribution in [2.24, 2.45) is 0 Å². The van der Waals surface area contributed by atoms with Gasteiger partial charge in [0, 0.05) is 35.2 Å². The molecule has 6 nitrogen and oxygen atoms in total. The number of thioether (sulfide) groups is 1. The topological polar surface area (TPSA) is 87.6 Å². The number of fused-ring (bicyclic) bond motifs is 1. The second-order valence-electron chi connectivity index (χ2n) is 8.43. The van der Waals surface area contributed by atoms with Gasteiger partial charge in [0.25, 0.3) is 0 Å². The summed E-state index contributed by atoms with van der Waals surface area (Å²) in [6.45, 7) is 3.13. The molecule has 5 rings (SSSR count). The molecule has 0 saturated heterocycles. The van der Waals surface area contributed by atoms with Gasteiger partial charge in [0.1, 0.15) is 17.7 Å². The van der Waals surface area contributed by atoms with E-state index < -0.39 is 0 Å². The third kappa shape index (κ3) is 3.21. The minimum Gasteiger partial charge on any atom is -0.395 e. The van der Waals surface area contributed by atoms with Crippen LogP contribution in [0.25, 0.3) is 11.3 Å². The van der Waals surface area contributed by atoms with Gasteiger partial charge in [0.05, 0.1) is 23.3 Å². The van der Waals surface area contributed by atoms with Crippen LogP contribution in [0.2, 0.25) is 0 Å². The van der Waals surface area contributed by atoms with E-state index in [0.717, 1.165) is 54.5 Å². The van der Waals surface area contributed by atoms with Crippen molar-refractivity contribution in [1.29, 1.82) is 5.26 Å². The zero-order valence-corrected chi connectivity index (χ0v) is 17.7. The lowest BCUT2D eigenvalue weighted by Crippen LogP contribution is -2.28. The monoisotopic (exact) mass is 417 g/mol. The second kappa shape index (κ2) is 7.22. The zero-order chi connectivity index (χ0) is 20.8. The first-order chi connectivity index (χ1) is 14.6. The number of pyridine rings is 1. The molecule has 1 atom stereocenters. The Morgan fingerprint density at radius 1 is 1.17 bits per heavy atom. The molecule has 2 aliphatic rings. The SMILES string of the molecule is CC1(CO)Cc2nnc(C3(c4ccc(-c5ccc(C#N)cn5)cc4)CC3)n2CCS1. The van der Waals surface area contributed by atoms with Crippen molar-refractivity contribution in [3.8, 4) is 17.3 Å². The van der Waals surface area contributed by atoms with Gasteiger partial charge in [0.2, 0.25) is 0 Å². The molecule has 1 saturated carbocycles. The van der Waals surface area contributed by atoms with Crippen LogP contribution < -0.4 is 0 Å². The average Bonchev–Trinajstić information content (AvgIpc) is 3.53. The van der Waals surface area contributed by atoms with E-state index in [0.29, 0.717) is 5.56 Å². The molecule has 2 aromatic heterocycles. The van der Waals surface area contributed by atoms with E-state index in [1.54, 1.807) is 12.3 Å². The zero-order valence-electron chi connectivity index (χ0n) is 16.9. The summed E-state index contributed by atoms with van der Waals surface area (Å²) in [5.41, 5.74) is 3.66. The lowest BCUT2D eigenvalue weighted by molar-refractivity contribution is 0.254. The maximum absolute atomic E-state index is 9.81. The van der Waals surface area contributed by atoms with E-state index in [9.17, 15) is 5.11 Å². The number of hydrogen-bond donors (Lipinski definition) is 1. The second-order valence-corrected chi connectivity index (χ2v) is 10.1. The molecule has 3 heterocycles. The van der Waals surface area contributed by atoms with Gasteiger partial charge in [-0.15, -0.1) is 10.2 Å². The third-order valence-corrected chi connectivity index (χ3v) is 7.62. The van der Waals surface area contributed by atoms with E-state index in [1.807, 2.05) is 17.8 Å². The molecule has 1 aromatic carbocycles. The number of nitriles is 1. The summed E-state index contributed by atoms with van der Waals surface area (Å²) in [5.74, 6) is 3.00. The molecule has 1 N–H and O–H groups in total. The van der Waals surface area contributed by atoms with Gasteiger partial charge in [-0.1, -0.05) is 24.3 Å². The van der Waals surface area contributed by atoms with Crippen LogP contribution in [0.5, 0.6) is 0 Å². The molecule has 30 heavy (non-hydrogen) atoms. The van der Waals surface area contributed by atoms with Crippen LogP contribution >= 0.6 is 11.8 Å². The fourth-order valence-electron chi connectivity index (χ4n) is 4.28. The molecule has 0 bridgehead atoms. The fourth-order valence-corrected chi connectivity index (χ4v) is 5.37. The Morgan fingerprint density at radius 3 is 2.60 bits per heavy atom. The van der Waals surface area contributed by atoms with Gasteiger partial charge in [-0.2, -0.15) is 17.0 Å². The van der Waals surface area contributed by atoms with Gasteiger partial charge in [-0.05, 0) is 37.5 Å². The Labute approximate surface area is 180 Å². The van der Waals surface area contributed by atoms with Gasteiger partial charge >= 0.3 is 0 Å². The van der Waals surface area contributed by atoms with Gasteiger partial charge < -0.3 is 9.67 Å². The number of aromatic nitrogens is 4. The van der Waals surface area contributed by atoms with Crippen molar-refractivity contribution >= 4 is 11.8 Å². The van der Waals surface area contributed by atoms with Gasteiger partial charge in [-0.25, -0.2) is 0 Å². The van der Waals surface area contributed by atoms with Gasteiger partial charge in [0.15, 0.2) is 0 Å². The first-order valence-electron chi connectivity index (χ1n) is 10.2. The Morgan fingerprint density at radius 2 is 1.97 bits per heavy atom. The van der Waals surface area contributed by atoms with Crippen LogP contribution in [0.15, 0.2) is 42.6 Å². The molecule has 1 unspecified atom stereocenters. The molecule has 1 aliphatic carbocycles. The number of aliphatic hydroxyl groups excluding tert-OH is 1. The summed E-state index contributed by atoms with van der Waals surface area (Å²) in [7, 11) is 0. The number of nitrogens with zero attached hydrogens (tertiary/aromatic N) is 5. The van der Waals surface area contributed by atoms with E-state index in [-0.39, 0.29) is 16.8 Å². The third-order valence-electron chi connectivity index (χ3n) is 6.26. The Bertz CT molecular complexity index is 1110. The molecular formula is C23H23N5OS. The van der Waals surface area contributed by atoms with Crippen LogP contribution in [-0.4, -0.2) is 42.0 Å². The summed E-state index contributed by atoms with van der Waals surface area (Å²) in [5, 5.41) is 27.9. The largest absolute Gasteiger partial charge is 0.395 e. The standard InChI is InChI=1S/C23H23N5OS/c1-22(15-29)12-20-26-27-21(28(20)10-11-30-22)23(8-9-23)18-5-3-17(4-6-18)19-7-2-16(13-24)14-25-19/h2-7,14,29H,8-12,15H2,1H3. The normalized spacial score (nSPS) is 22.0. The number of aliphatic hydroxyl groups is 1. The van der Waals surface area contributed by atoms with Crippen LogP contribution in [0.3, 0.4) is 0 Å². The van der Waals surface area contributed by atoms with Crippen LogP contribution in [0.1, 0.15) is 42.5 Å². The number of benzene rings is 1. The highest BCUT2D eigenvalue weighted by Gasteiger charge is 2.50. The van der Waals surface area contributed by atoms with Crippen molar-refractivity contribution in [2.75, 3.05) is 12.4 Å². The minimum absolute atomic E-state index is 0.0630. The molecule has 0 spiro atoms. The van der Waals surface area contributed by atoms with E-state index >= 15 is 0 Å². The van der Waals surface area contributed by atoms with E-state index in [2.05, 4.69) is 57.0 Å². The smallest absolute Gasteiger partial charge is 0.143 e. The molecule has 0 radical (unpaired) electrons. The molecule has 0 amide bonds. The fraction of sp³-hybridized carbons (Fsp3) is 0.391. The van der Waals surface area contributed by atoms with Gasteiger partial charge in [-0.3, -0.25) is 4.98 Å². The first kappa shape index (κ1) is 19.3. The quantitative estimate of drug-likeness (QED) is 0.701. The summed E-state index contributed by atoms with van der Waals surface area (Å²) in [6.07, 6.45) is 4.49. The maximum atomic E-state index is 9.81. The minimum atomic E-state index is -0.189. The van der Waals surface area contributed by atoms with Crippen molar-refractivity contribution in [3.63, 3.8) is 0 Å². The summed E-state index contributed by atoms with van der Waals surface area (Å²) in [6, 6.07) is 14.3. The van der Waals surface area contributed by atoms with E-state index in [4.69, 9.17) is 5.26 Å². The lowest BCUT2D eigenvalue weighted by Gasteiger charge is -2.23. The summed E-state index contributed by atoms with van der Waals surface area (Å²) in [4.78, 5) is 4.40. The molecule has 1 aliphatic heterocycles. The summed E-state index contributed by atoms with van der Waals surface area (Å²) >= 11 is 1.82. The Kier molecular flexibility index (Phi) is 4.64. The molecule has 3 aromatic rings. The summed E-state index contributed by atoms with van der Waals surface area (Å²) < 4.78 is 2.10. The average molecular weight is 418 g/mol.